The molecule has 0 amide bonds. The van der Waals surface area contributed by atoms with E-state index in [1.165, 1.54) is 11.1 Å². The number of imidazole rings is 1. The van der Waals surface area contributed by atoms with Crippen molar-refractivity contribution in [2.45, 2.75) is 19.9 Å². The average molecular weight is 259 g/mol. The lowest BCUT2D eigenvalue weighted by Gasteiger charge is -2.20. The molecule has 4 heteroatoms. The van der Waals surface area contributed by atoms with E-state index in [4.69, 9.17) is 4.74 Å². The second-order valence-corrected chi connectivity index (χ2v) is 4.88. The maximum Gasteiger partial charge on any atom is 0.124 e. The van der Waals surface area contributed by atoms with Gasteiger partial charge in [-0.2, -0.15) is 0 Å². The van der Waals surface area contributed by atoms with Crippen LogP contribution < -0.4 is 10.1 Å². The van der Waals surface area contributed by atoms with Crippen molar-refractivity contribution >= 4 is 0 Å². The average Bonchev–Trinajstić information content (AvgIpc) is 2.78. The van der Waals surface area contributed by atoms with Gasteiger partial charge in [0.2, 0.25) is 0 Å². The first kappa shape index (κ1) is 13.6. The highest BCUT2D eigenvalue weighted by Crippen LogP contribution is 2.33. The zero-order chi connectivity index (χ0) is 14.0. The molecule has 4 nitrogen and oxygen atoms in total. The molecule has 0 aliphatic carbocycles. The molecule has 0 saturated carbocycles. The standard InChI is InChI=1S/C15H21N3O/c1-10-6-11(2)14(13(7-10)19-5)15(16-3)12-8-18(4)9-17-12/h6-9,15-16H,1-5H3. The quantitative estimate of drug-likeness (QED) is 0.916. The molecule has 0 saturated heterocycles. The third kappa shape index (κ3) is 2.63. The predicted molar refractivity (Wildman–Crippen MR) is 76.6 cm³/mol. The molecule has 2 rings (SSSR count). The monoisotopic (exact) mass is 259 g/mol. The van der Waals surface area contributed by atoms with Crippen molar-refractivity contribution in [1.82, 2.24) is 14.9 Å². The number of ether oxygens (including phenoxy) is 1. The van der Waals surface area contributed by atoms with Crippen molar-refractivity contribution < 1.29 is 4.74 Å². The Hall–Kier alpha value is -1.81. The first-order valence-corrected chi connectivity index (χ1v) is 6.37. The Balaban J connectivity index is 2.55. The lowest BCUT2D eigenvalue weighted by atomic mass is 9.96. The van der Waals surface area contributed by atoms with Crippen molar-refractivity contribution in [3.05, 3.63) is 47.0 Å². The molecule has 0 spiro atoms. The van der Waals surface area contributed by atoms with Gasteiger partial charge in [0.15, 0.2) is 0 Å². The van der Waals surface area contributed by atoms with Gasteiger partial charge in [0.1, 0.15) is 5.75 Å². The van der Waals surface area contributed by atoms with Gasteiger partial charge in [-0.25, -0.2) is 4.98 Å². The zero-order valence-corrected chi connectivity index (χ0v) is 12.2. The van der Waals surface area contributed by atoms with Crippen molar-refractivity contribution in [3.8, 4) is 5.75 Å². The molecule has 1 aromatic heterocycles. The van der Waals surface area contributed by atoms with Crippen LogP contribution in [0.15, 0.2) is 24.7 Å². The maximum atomic E-state index is 5.54. The summed E-state index contributed by atoms with van der Waals surface area (Å²) in [7, 11) is 5.63. The highest BCUT2D eigenvalue weighted by molar-refractivity contribution is 5.47. The first-order valence-electron chi connectivity index (χ1n) is 6.37. The predicted octanol–water partition coefficient (Wildman–Crippen LogP) is 2.35. The van der Waals surface area contributed by atoms with Crippen LogP contribution in [-0.4, -0.2) is 23.7 Å². The van der Waals surface area contributed by atoms with Gasteiger partial charge in [0.25, 0.3) is 0 Å². The van der Waals surface area contributed by atoms with Crippen LogP contribution in [0.4, 0.5) is 0 Å². The largest absolute Gasteiger partial charge is 0.496 e. The van der Waals surface area contributed by atoms with Crippen LogP contribution >= 0.6 is 0 Å². The lowest BCUT2D eigenvalue weighted by molar-refractivity contribution is 0.404. The number of methoxy groups -OCH3 is 1. The van der Waals surface area contributed by atoms with Crippen molar-refractivity contribution in [3.63, 3.8) is 0 Å². The van der Waals surface area contributed by atoms with Gasteiger partial charge in [-0.3, -0.25) is 0 Å². The SMILES string of the molecule is CNC(c1cn(C)cn1)c1c(C)cc(C)cc1OC. The first-order chi connectivity index (χ1) is 9.06. The molecular formula is C15H21N3O. The molecular weight excluding hydrogens is 238 g/mol. The minimum absolute atomic E-state index is 0.0387. The van der Waals surface area contributed by atoms with E-state index in [1.807, 2.05) is 31.2 Å². The summed E-state index contributed by atoms with van der Waals surface area (Å²) < 4.78 is 7.50. The summed E-state index contributed by atoms with van der Waals surface area (Å²) in [6.45, 7) is 4.19. The summed E-state index contributed by atoms with van der Waals surface area (Å²) in [5.41, 5.74) is 4.56. The molecule has 0 fully saturated rings. The topological polar surface area (TPSA) is 39.1 Å². The smallest absolute Gasteiger partial charge is 0.124 e. The highest BCUT2D eigenvalue weighted by atomic mass is 16.5. The van der Waals surface area contributed by atoms with Gasteiger partial charge in [-0.05, 0) is 38.1 Å². The van der Waals surface area contributed by atoms with E-state index in [2.05, 4.69) is 36.3 Å². The molecule has 1 atom stereocenters. The third-order valence-corrected chi connectivity index (χ3v) is 3.31. The van der Waals surface area contributed by atoms with Crippen LogP contribution in [0.2, 0.25) is 0 Å². The molecule has 1 heterocycles. The van der Waals surface area contributed by atoms with E-state index < -0.39 is 0 Å². The Bertz CT molecular complexity index is 575. The van der Waals surface area contributed by atoms with E-state index in [1.54, 1.807) is 7.11 Å². The van der Waals surface area contributed by atoms with E-state index in [9.17, 15) is 0 Å². The second-order valence-electron chi connectivity index (χ2n) is 4.88. The summed E-state index contributed by atoms with van der Waals surface area (Å²) in [5, 5.41) is 3.33. The fraction of sp³-hybridized carbons (Fsp3) is 0.400. The molecule has 1 aromatic carbocycles. The number of aryl methyl sites for hydroxylation is 3. The number of hydrogen-bond acceptors (Lipinski definition) is 3. The number of hydrogen-bond donors (Lipinski definition) is 1. The highest BCUT2D eigenvalue weighted by Gasteiger charge is 2.21. The van der Waals surface area contributed by atoms with Crippen molar-refractivity contribution in [1.29, 1.82) is 0 Å². The number of benzene rings is 1. The van der Waals surface area contributed by atoms with Gasteiger partial charge in [-0.1, -0.05) is 6.07 Å². The summed E-state index contributed by atoms with van der Waals surface area (Å²) in [4.78, 5) is 4.45. The lowest BCUT2D eigenvalue weighted by Crippen LogP contribution is -2.20. The van der Waals surface area contributed by atoms with Crippen LogP contribution in [0.5, 0.6) is 5.75 Å². The number of nitrogens with one attached hydrogen (secondary N) is 1. The molecule has 0 bridgehead atoms. The van der Waals surface area contributed by atoms with Gasteiger partial charge in [0, 0.05) is 18.8 Å². The molecule has 1 N–H and O–H groups in total. The summed E-state index contributed by atoms with van der Waals surface area (Å²) >= 11 is 0. The van der Waals surface area contributed by atoms with Crippen LogP contribution in [0.3, 0.4) is 0 Å². The summed E-state index contributed by atoms with van der Waals surface area (Å²) in [5.74, 6) is 0.905. The molecule has 2 aromatic rings. The molecule has 0 aliphatic rings. The minimum atomic E-state index is 0.0387. The Labute approximate surface area is 114 Å². The fourth-order valence-electron chi connectivity index (χ4n) is 2.50. The van der Waals surface area contributed by atoms with E-state index in [-0.39, 0.29) is 6.04 Å². The fourth-order valence-corrected chi connectivity index (χ4v) is 2.50. The molecule has 0 aliphatic heterocycles. The van der Waals surface area contributed by atoms with Gasteiger partial charge in [0.05, 0.1) is 25.2 Å². The van der Waals surface area contributed by atoms with Crippen LogP contribution in [0.1, 0.15) is 28.4 Å². The van der Waals surface area contributed by atoms with Crippen LogP contribution in [0, 0.1) is 13.8 Å². The van der Waals surface area contributed by atoms with Crippen LogP contribution in [-0.2, 0) is 7.05 Å². The van der Waals surface area contributed by atoms with E-state index >= 15 is 0 Å². The van der Waals surface area contributed by atoms with Crippen LogP contribution in [0.25, 0.3) is 0 Å². The zero-order valence-electron chi connectivity index (χ0n) is 12.2. The van der Waals surface area contributed by atoms with Gasteiger partial charge in [-0.15, -0.1) is 0 Å². The summed E-state index contributed by atoms with van der Waals surface area (Å²) in [6, 6.07) is 4.28. The third-order valence-electron chi connectivity index (χ3n) is 3.31. The Kier molecular flexibility index (Phi) is 3.90. The number of nitrogens with zero attached hydrogens (tertiary/aromatic N) is 2. The number of aromatic nitrogens is 2. The Morgan fingerprint density at radius 3 is 2.58 bits per heavy atom. The molecule has 1 unspecified atom stereocenters. The minimum Gasteiger partial charge on any atom is -0.496 e. The van der Waals surface area contributed by atoms with Crippen molar-refractivity contribution in [2.24, 2.45) is 7.05 Å². The Morgan fingerprint density at radius 2 is 2.05 bits per heavy atom. The Morgan fingerprint density at radius 1 is 1.32 bits per heavy atom. The molecule has 102 valence electrons. The number of rotatable bonds is 4. The second kappa shape index (κ2) is 5.45. The van der Waals surface area contributed by atoms with E-state index in [0.717, 1.165) is 17.0 Å². The van der Waals surface area contributed by atoms with E-state index in [0.29, 0.717) is 0 Å². The normalized spacial score (nSPS) is 12.5. The van der Waals surface area contributed by atoms with Gasteiger partial charge < -0.3 is 14.6 Å². The summed E-state index contributed by atoms with van der Waals surface area (Å²) in [6.07, 6.45) is 3.84. The molecule has 0 radical (unpaired) electrons. The van der Waals surface area contributed by atoms with Gasteiger partial charge >= 0.3 is 0 Å². The van der Waals surface area contributed by atoms with Crippen molar-refractivity contribution in [2.75, 3.05) is 14.2 Å². The molecule has 19 heavy (non-hydrogen) atoms. The maximum absolute atomic E-state index is 5.54.